The lowest BCUT2D eigenvalue weighted by atomic mass is 9.90. The third-order valence-electron chi connectivity index (χ3n) is 5.59. The largest absolute Gasteiger partial charge is 0.361 e. The highest BCUT2D eigenvalue weighted by Gasteiger charge is 2.44. The van der Waals surface area contributed by atoms with Crippen LogP contribution in [0.4, 0.5) is 0 Å². The van der Waals surface area contributed by atoms with Crippen LogP contribution in [0.3, 0.4) is 0 Å². The van der Waals surface area contributed by atoms with Gasteiger partial charge in [-0.3, -0.25) is 4.79 Å². The van der Waals surface area contributed by atoms with Gasteiger partial charge in [0.1, 0.15) is 17.5 Å². The van der Waals surface area contributed by atoms with Gasteiger partial charge in [-0.05, 0) is 18.4 Å². The molecule has 0 radical (unpaired) electrons. The molecule has 0 aliphatic carbocycles. The predicted octanol–water partition coefficient (Wildman–Crippen LogP) is 2.01. The predicted molar refractivity (Wildman–Crippen MR) is 101 cm³/mol. The van der Waals surface area contributed by atoms with Gasteiger partial charge in [-0.2, -0.15) is 0 Å². The van der Waals surface area contributed by atoms with Crippen LogP contribution in [-0.4, -0.2) is 34.7 Å². The van der Waals surface area contributed by atoms with E-state index in [0.717, 1.165) is 36.4 Å². The van der Waals surface area contributed by atoms with Crippen LogP contribution in [0.15, 0.2) is 40.9 Å². The SMILES string of the molecule is CC(C)c1cc(C2CCCN2C(=O)C2NNC(N)C2c2ccccc2)no1. The molecular weight excluding hydrogens is 342 g/mol. The average molecular weight is 369 g/mol. The van der Waals surface area contributed by atoms with E-state index in [-0.39, 0.29) is 30.0 Å². The Morgan fingerprint density at radius 2 is 2.07 bits per heavy atom. The molecule has 0 spiro atoms. The van der Waals surface area contributed by atoms with Crippen molar-refractivity contribution < 1.29 is 9.32 Å². The van der Waals surface area contributed by atoms with Crippen molar-refractivity contribution in [1.82, 2.24) is 20.9 Å². The van der Waals surface area contributed by atoms with Gasteiger partial charge in [0.15, 0.2) is 0 Å². The van der Waals surface area contributed by atoms with Gasteiger partial charge in [0.05, 0.1) is 12.2 Å². The van der Waals surface area contributed by atoms with Gasteiger partial charge < -0.3 is 15.2 Å². The average Bonchev–Trinajstić information content (AvgIpc) is 3.40. The molecule has 27 heavy (non-hydrogen) atoms. The Kier molecular flexibility index (Phi) is 4.99. The Bertz CT molecular complexity index is 791. The van der Waals surface area contributed by atoms with Crippen LogP contribution >= 0.6 is 0 Å². The molecule has 0 bridgehead atoms. The number of carbonyl (C=O) groups excluding carboxylic acids is 1. The highest BCUT2D eigenvalue weighted by atomic mass is 16.5. The van der Waals surface area contributed by atoms with Crippen LogP contribution < -0.4 is 16.6 Å². The van der Waals surface area contributed by atoms with Gasteiger partial charge in [0, 0.05) is 24.4 Å². The summed E-state index contributed by atoms with van der Waals surface area (Å²) in [7, 11) is 0. The van der Waals surface area contributed by atoms with Crippen molar-refractivity contribution in [3.63, 3.8) is 0 Å². The summed E-state index contributed by atoms with van der Waals surface area (Å²) < 4.78 is 5.46. The van der Waals surface area contributed by atoms with Gasteiger partial charge in [-0.15, -0.1) is 0 Å². The summed E-state index contributed by atoms with van der Waals surface area (Å²) in [5.41, 5.74) is 14.3. The first-order valence-corrected chi connectivity index (χ1v) is 9.65. The molecular formula is C20H27N5O2. The molecule has 3 heterocycles. The molecule has 144 valence electrons. The fourth-order valence-corrected chi connectivity index (χ4v) is 4.11. The van der Waals surface area contributed by atoms with E-state index in [1.165, 1.54) is 0 Å². The number of rotatable bonds is 4. The van der Waals surface area contributed by atoms with E-state index in [2.05, 4.69) is 29.9 Å². The minimum absolute atomic E-state index is 0.0382. The maximum Gasteiger partial charge on any atom is 0.242 e. The number of hydrazine groups is 1. The number of hydrogen-bond acceptors (Lipinski definition) is 6. The van der Waals surface area contributed by atoms with E-state index < -0.39 is 6.04 Å². The first-order chi connectivity index (χ1) is 13.1. The topological polar surface area (TPSA) is 96.4 Å². The van der Waals surface area contributed by atoms with E-state index in [0.29, 0.717) is 0 Å². The maximum atomic E-state index is 13.4. The number of nitrogens with one attached hydrogen (secondary N) is 2. The molecule has 7 heteroatoms. The molecule has 1 aromatic carbocycles. The minimum atomic E-state index is -0.403. The number of benzene rings is 1. The van der Waals surface area contributed by atoms with Crippen molar-refractivity contribution >= 4 is 5.91 Å². The van der Waals surface area contributed by atoms with Crippen molar-refractivity contribution in [2.45, 2.75) is 56.8 Å². The van der Waals surface area contributed by atoms with Gasteiger partial charge in [0.25, 0.3) is 0 Å². The number of amides is 1. The van der Waals surface area contributed by atoms with Gasteiger partial charge in [-0.1, -0.05) is 49.3 Å². The smallest absolute Gasteiger partial charge is 0.242 e. The van der Waals surface area contributed by atoms with Crippen molar-refractivity contribution in [1.29, 1.82) is 0 Å². The van der Waals surface area contributed by atoms with Crippen LogP contribution in [0.25, 0.3) is 0 Å². The number of carbonyl (C=O) groups is 1. The summed E-state index contributed by atoms with van der Waals surface area (Å²) in [5.74, 6) is 1.07. The summed E-state index contributed by atoms with van der Waals surface area (Å²) in [4.78, 5) is 15.3. The van der Waals surface area contributed by atoms with E-state index in [1.807, 2.05) is 41.3 Å². The van der Waals surface area contributed by atoms with Crippen LogP contribution in [0.1, 0.15) is 61.6 Å². The van der Waals surface area contributed by atoms with Crippen LogP contribution in [0.5, 0.6) is 0 Å². The number of nitrogens with zero attached hydrogens (tertiary/aromatic N) is 2. The van der Waals surface area contributed by atoms with Crippen molar-refractivity contribution in [3.8, 4) is 0 Å². The second-order valence-electron chi connectivity index (χ2n) is 7.73. The molecule has 4 rings (SSSR count). The minimum Gasteiger partial charge on any atom is -0.361 e. The fraction of sp³-hybridized carbons (Fsp3) is 0.500. The molecule has 2 saturated heterocycles. The summed E-state index contributed by atoms with van der Waals surface area (Å²) in [6, 6.07) is 11.5. The Balaban J connectivity index is 1.57. The first-order valence-electron chi connectivity index (χ1n) is 9.65. The Morgan fingerprint density at radius 3 is 2.78 bits per heavy atom. The van der Waals surface area contributed by atoms with E-state index in [1.54, 1.807) is 0 Å². The molecule has 2 aromatic rings. The first kappa shape index (κ1) is 18.2. The lowest BCUT2D eigenvalue weighted by Crippen LogP contribution is -2.47. The summed E-state index contributed by atoms with van der Waals surface area (Å²) in [5, 5.41) is 4.24. The maximum absolute atomic E-state index is 13.4. The second kappa shape index (κ2) is 7.42. The van der Waals surface area contributed by atoms with E-state index >= 15 is 0 Å². The molecule has 2 aliphatic heterocycles. The van der Waals surface area contributed by atoms with Gasteiger partial charge >= 0.3 is 0 Å². The molecule has 0 saturated carbocycles. The molecule has 7 nitrogen and oxygen atoms in total. The Morgan fingerprint density at radius 1 is 1.30 bits per heavy atom. The third kappa shape index (κ3) is 3.38. The Labute approximate surface area is 159 Å². The normalized spacial score (nSPS) is 28.2. The highest BCUT2D eigenvalue weighted by molar-refractivity contribution is 5.84. The van der Waals surface area contributed by atoms with Crippen LogP contribution in [0.2, 0.25) is 0 Å². The van der Waals surface area contributed by atoms with E-state index in [9.17, 15) is 4.79 Å². The third-order valence-corrected chi connectivity index (χ3v) is 5.59. The van der Waals surface area contributed by atoms with Gasteiger partial charge in [0.2, 0.25) is 5.91 Å². The molecule has 4 unspecified atom stereocenters. The zero-order valence-corrected chi connectivity index (χ0v) is 15.8. The lowest BCUT2D eigenvalue weighted by Gasteiger charge is -2.29. The molecule has 1 amide bonds. The van der Waals surface area contributed by atoms with Crippen LogP contribution in [-0.2, 0) is 4.79 Å². The molecule has 4 N–H and O–H groups in total. The quantitative estimate of drug-likeness (QED) is 0.763. The van der Waals surface area contributed by atoms with Gasteiger partial charge in [-0.25, -0.2) is 10.9 Å². The summed E-state index contributed by atoms with van der Waals surface area (Å²) >= 11 is 0. The van der Waals surface area contributed by atoms with Crippen LogP contribution in [0, 0.1) is 0 Å². The standard InChI is InChI=1S/C20H27N5O2/c1-12(2)16-11-14(24-27-16)15-9-6-10-25(15)20(26)18-17(19(21)23-22-18)13-7-4-3-5-8-13/h3-5,7-8,11-12,15,17-19,22-23H,6,9-10,21H2,1-2H3. The van der Waals surface area contributed by atoms with E-state index in [4.69, 9.17) is 10.3 Å². The monoisotopic (exact) mass is 369 g/mol. The summed E-state index contributed by atoms with van der Waals surface area (Å²) in [6.07, 6.45) is 1.54. The molecule has 2 aliphatic rings. The molecule has 4 atom stereocenters. The zero-order chi connectivity index (χ0) is 19.0. The number of hydrogen-bond donors (Lipinski definition) is 3. The van der Waals surface area contributed by atoms with Crippen molar-refractivity contribution in [2.24, 2.45) is 5.73 Å². The highest BCUT2D eigenvalue weighted by Crippen LogP contribution is 2.35. The number of aromatic nitrogens is 1. The fourth-order valence-electron chi connectivity index (χ4n) is 4.11. The molecule has 2 fully saturated rings. The second-order valence-corrected chi connectivity index (χ2v) is 7.73. The summed E-state index contributed by atoms with van der Waals surface area (Å²) in [6.45, 7) is 4.87. The Hall–Kier alpha value is -2.22. The van der Waals surface area contributed by atoms with Crippen molar-refractivity contribution in [3.05, 3.63) is 53.4 Å². The van der Waals surface area contributed by atoms with Crippen molar-refractivity contribution in [2.75, 3.05) is 6.54 Å². The number of nitrogens with two attached hydrogens (primary N) is 1. The number of likely N-dealkylation sites (tertiary alicyclic amines) is 1. The zero-order valence-electron chi connectivity index (χ0n) is 15.8. The lowest BCUT2D eigenvalue weighted by molar-refractivity contribution is -0.134. The molecule has 1 aromatic heterocycles.